The minimum absolute atomic E-state index is 0.0610. The van der Waals surface area contributed by atoms with Crippen molar-refractivity contribution in [3.63, 3.8) is 0 Å². The maximum Gasteiger partial charge on any atom is 0.118 e. The summed E-state index contributed by atoms with van der Waals surface area (Å²) in [5.41, 5.74) is 7.39. The lowest BCUT2D eigenvalue weighted by atomic mass is 9.99. The van der Waals surface area contributed by atoms with Gasteiger partial charge in [0.15, 0.2) is 0 Å². The molecule has 4 heteroatoms. The zero-order valence-electron chi connectivity index (χ0n) is 11.7. The predicted octanol–water partition coefficient (Wildman–Crippen LogP) is 1.40. The molecule has 19 heavy (non-hydrogen) atoms. The Morgan fingerprint density at radius 2 is 2.11 bits per heavy atom. The fourth-order valence-corrected chi connectivity index (χ4v) is 2.91. The van der Waals surface area contributed by atoms with Crippen LogP contribution in [0.15, 0.2) is 24.3 Å². The molecule has 3 atom stereocenters. The molecule has 0 saturated carbocycles. The van der Waals surface area contributed by atoms with Crippen molar-refractivity contribution in [2.45, 2.75) is 25.4 Å². The Hall–Kier alpha value is -1.10. The molecule has 2 rings (SSSR count). The Balaban J connectivity index is 2.15. The number of aliphatic hydroxyl groups is 1. The first kappa shape index (κ1) is 14.3. The highest BCUT2D eigenvalue weighted by Gasteiger charge is 2.30. The number of likely N-dealkylation sites (tertiary alicyclic amines) is 1. The van der Waals surface area contributed by atoms with Crippen LogP contribution in [0.2, 0.25) is 0 Å². The van der Waals surface area contributed by atoms with Gasteiger partial charge >= 0.3 is 0 Å². The van der Waals surface area contributed by atoms with E-state index in [1.165, 1.54) is 5.56 Å². The van der Waals surface area contributed by atoms with Crippen molar-refractivity contribution in [2.75, 3.05) is 26.8 Å². The average Bonchev–Trinajstić information content (AvgIpc) is 2.88. The lowest BCUT2D eigenvalue weighted by Gasteiger charge is -2.31. The van der Waals surface area contributed by atoms with Crippen molar-refractivity contribution in [3.8, 4) is 5.75 Å². The minimum Gasteiger partial charge on any atom is -0.497 e. The van der Waals surface area contributed by atoms with Crippen molar-refractivity contribution < 1.29 is 9.84 Å². The van der Waals surface area contributed by atoms with E-state index in [1.54, 1.807) is 7.11 Å². The molecule has 1 saturated heterocycles. The van der Waals surface area contributed by atoms with Gasteiger partial charge in [0, 0.05) is 25.2 Å². The molecular formula is C15H24N2O2. The van der Waals surface area contributed by atoms with Crippen LogP contribution in [0.1, 0.15) is 24.9 Å². The summed E-state index contributed by atoms with van der Waals surface area (Å²) in [5, 5.41) is 9.27. The highest BCUT2D eigenvalue weighted by atomic mass is 16.5. The molecular weight excluding hydrogens is 240 g/mol. The van der Waals surface area contributed by atoms with Gasteiger partial charge in [-0.05, 0) is 43.5 Å². The molecule has 0 amide bonds. The van der Waals surface area contributed by atoms with E-state index in [-0.39, 0.29) is 18.7 Å². The topological polar surface area (TPSA) is 58.7 Å². The van der Waals surface area contributed by atoms with Crippen molar-refractivity contribution in [1.29, 1.82) is 0 Å². The van der Waals surface area contributed by atoms with Crippen LogP contribution in [0.25, 0.3) is 0 Å². The first-order valence-electron chi connectivity index (χ1n) is 6.90. The molecule has 1 aromatic rings. The molecule has 106 valence electrons. The standard InChI is InChI=1S/C15H24N2O2/c1-11(16)15(17-8-7-12(9-17)10-18)13-3-5-14(19-2)6-4-13/h3-6,11-12,15,18H,7-10,16H2,1-2H3. The van der Waals surface area contributed by atoms with E-state index in [4.69, 9.17) is 10.5 Å². The number of methoxy groups -OCH3 is 1. The highest BCUT2D eigenvalue weighted by Crippen LogP contribution is 2.30. The van der Waals surface area contributed by atoms with Gasteiger partial charge < -0.3 is 15.6 Å². The lowest BCUT2D eigenvalue weighted by Crippen LogP contribution is -2.38. The molecule has 1 aliphatic heterocycles. The second-order valence-corrected chi connectivity index (χ2v) is 5.41. The van der Waals surface area contributed by atoms with Gasteiger partial charge in [0.05, 0.1) is 7.11 Å². The van der Waals surface area contributed by atoms with Crippen LogP contribution in [0, 0.1) is 5.92 Å². The summed E-state index contributed by atoms with van der Waals surface area (Å²) in [5.74, 6) is 1.25. The van der Waals surface area contributed by atoms with Crippen molar-refractivity contribution in [1.82, 2.24) is 4.90 Å². The van der Waals surface area contributed by atoms with Gasteiger partial charge in [-0.3, -0.25) is 4.90 Å². The van der Waals surface area contributed by atoms with Crippen LogP contribution in [-0.4, -0.2) is 42.9 Å². The van der Waals surface area contributed by atoms with Crippen LogP contribution < -0.4 is 10.5 Å². The van der Waals surface area contributed by atoms with Gasteiger partial charge in [-0.1, -0.05) is 12.1 Å². The van der Waals surface area contributed by atoms with Crippen LogP contribution >= 0.6 is 0 Å². The van der Waals surface area contributed by atoms with Crippen molar-refractivity contribution >= 4 is 0 Å². The van der Waals surface area contributed by atoms with Crippen molar-refractivity contribution in [3.05, 3.63) is 29.8 Å². The summed E-state index contributed by atoms with van der Waals surface area (Å²) in [6.07, 6.45) is 1.05. The Labute approximate surface area is 115 Å². The zero-order valence-corrected chi connectivity index (χ0v) is 11.7. The zero-order chi connectivity index (χ0) is 13.8. The third kappa shape index (κ3) is 3.26. The van der Waals surface area contributed by atoms with Gasteiger partial charge in [0.2, 0.25) is 0 Å². The largest absolute Gasteiger partial charge is 0.497 e. The summed E-state index contributed by atoms with van der Waals surface area (Å²) < 4.78 is 5.19. The van der Waals surface area contributed by atoms with Crippen LogP contribution in [-0.2, 0) is 0 Å². The Bertz CT molecular complexity index is 392. The molecule has 1 aliphatic rings. The first-order chi connectivity index (χ1) is 9.15. The molecule has 1 aromatic carbocycles. The quantitative estimate of drug-likeness (QED) is 0.844. The van der Waals surface area contributed by atoms with Crippen LogP contribution in [0.5, 0.6) is 5.75 Å². The van der Waals surface area contributed by atoms with Crippen LogP contribution in [0.4, 0.5) is 0 Å². The second kappa shape index (κ2) is 6.37. The van der Waals surface area contributed by atoms with E-state index >= 15 is 0 Å². The molecule has 0 aliphatic carbocycles. The summed E-state index contributed by atoms with van der Waals surface area (Å²) in [6.45, 7) is 4.24. The molecule has 0 radical (unpaired) electrons. The number of hydrogen-bond acceptors (Lipinski definition) is 4. The number of hydrogen-bond donors (Lipinski definition) is 2. The van der Waals surface area contributed by atoms with Gasteiger partial charge in [-0.25, -0.2) is 0 Å². The Morgan fingerprint density at radius 3 is 2.58 bits per heavy atom. The maximum atomic E-state index is 9.27. The third-order valence-electron chi connectivity index (χ3n) is 3.92. The van der Waals surface area contributed by atoms with E-state index in [9.17, 15) is 5.11 Å². The molecule has 3 unspecified atom stereocenters. The molecule has 3 N–H and O–H groups in total. The number of ether oxygens (including phenoxy) is 1. The lowest BCUT2D eigenvalue weighted by molar-refractivity contribution is 0.185. The van der Waals surface area contributed by atoms with E-state index in [1.807, 2.05) is 19.1 Å². The number of aliphatic hydroxyl groups excluding tert-OH is 1. The second-order valence-electron chi connectivity index (χ2n) is 5.41. The Kier molecular flexibility index (Phi) is 4.80. The monoisotopic (exact) mass is 264 g/mol. The highest BCUT2D eigenvalue weighted by molar-refractivity contribution is 5.30. The fourth-order valence-electron chi connectivity index (χ4n) is 2.91. The van der Waals surface area contributed by atoms with Gasteiger partial charge in [0.25, 0.3) is 0 Å². The normalized spacial score (nSPS) is 23.3. The van der Waals surface area contributed by atoms with Crippen LogP contribution in [0.3, 0.4) is 0 Å². The minimum atomic E-state index is 0.0610. The molecule has 1 heterocycles. The summed E-state index contributed by atoms with van der Waals surface area (Å²) >= 11 is 0. The summed E-state index contributed by atoms with van der Waals surface area (Å²) in [7, 11) is 1.67. The molecule has 0 spiro atoms. The van der Waals surface area contributed by atoms with Gasteiger partial charge in [0.1, 0.15) is 5.75 Å². The summed E-state index contributed by atoms with van der Waals surface area (Å²) in [6, 6.07) is 8.39. The molecule has 4 nitrogen and oxygen atoms in total. The van der Waals surface area contributed by atoms with E-state index in [2.05, 4.69) is 17.0 Å². The van der Waals surface area contributed by atoms with E-state index in [0.717, 1.165) is 25.3 Å². The number of nitrogens with two attached hydrogens (primary N) is 1. The predicted molar refractivity (Wildman–Crippen MR) is 76.2 cm³/mol. The maximum absolute atomic E-state index is 9.27. The number of nitrogens with zero attached hydrogens (tertiary/aromatic N) is 1. The van der Waals surface area contributed by atoms with E-state index < -0.39 is 0 Å². The smallest absolute Gasteiger partial charge is 0.118 e. The molecule has 0 bridgehead atoms. The SMILES string of the molecule is COc1ccc(C(C(C)N)N2CCC(CO)C2)cc1. The molecule has 1 fully saturated rings. The summed E-state index contributed by atoms with van der Waals surface area (Å²) in [4.78, 5) is 2.38. The third-order valence-corrected chi connectivity index (χ3v) is 3.92. The first-order valence-corrected chi connectivity index (χ1v) is 6.90. The van der Waals surface area contributed by atoms with Gasteiger partial charge in [-0.15, -0.1) is 0 Å². The number of benzene rings is 1. The fraction of sp³-hybridized carbons (Fsp3) is 0.600. The van der Waals surface area contributed by atoms with E-state index in [0.29, 0.717) is 5.92 Å². The number of rotatable bonds is 5. The molecule has 0 aromatic heterocycles. The Morgan fingerprint density at radius 1 is 1.42 bits per heavy atom. The van der Waals surface area contributed by atoms with Crippen molar-refractivity contribution in [2.24, 2.45) is 11.7 Å². The van der Waals surface area contributed by atoms with Gasteiger partial charge in [-0.2, -0.15) is 0 Å². The average molecular weight is 264 g/mol.